The number of carbonyl (C=O) groups is 1. The Bertz CT molecular complexity index is 370. The van der Waals surface area contributed by atoms with E-state index in [1.807, 2.05) is 0 Å². The number of hydrogen-bond acceptors (Lipinski definition) is 3. The van der Waals surface area contributed by atoms with E-state index in [9.17, 15) is 4.79 Å². The van der Waals surface area contributed by atoms with Crippen molar-refractivity contribution in [3.63, 3.8) is 0 Å². The van der Waals surface area contributed by atoms with Crippen molar-refractivity contribution in [1.29, 1.82) is 0 Å². The summed E-state index contributed by atoms with van der Waals surface area (Å²) >= 11 is 0. The number of amides is 1. The fourth-order valence-corrected chi connectivity index (χ4v) is 1.92. The van der Waals surface area contributed by atoms with Crippen LogP contribution in [0.2, 0.25) is 0 Å². The zero-order chi connectivity index (χ0) is 11.8. The summed E-state index contributed by atoms with van der Waals surface area (Å²) in [4.78, 5) is 13.8. The van der Waals surface area contributed by atoms with E-state index in [4.69, 9.17) is 10.2 Å². The van der Waals surface area contributed by atoms with Crippen LogP contribution in [0, 0.1) is 5.41 Å². The molecular weight excluding hydrogens is 204 g/mol. The zero-order valence-corrected chi connectivity index (χ0v) is 9.77. The molecule has 1 aromatic rings. The molecule has 2 N–H and O–H groups in total. The molecule has 0 bridgehead atoms. The van der Waals surface area contributed by atoms with Crippen molar-refractivity contribution in [2.75, 3.05) is 13.1 Å². The smallest absolute Gasteiger partial charge is 0.289 e. The van der Waals surface area contributed by atoms with E-state index in [-0.39, 0.29) is 17.4 Å². The van der Waals surface area contributed by atoms with Crippen molar-refractivity contribution < 1.29 is 9.21 Å². The van der Waals surface area contributed by atoms with Crippen molar-refractivity contribution in [3.8, 4) is 0 Å². The number of furan rings is 1. The maximum atomic E-state index is 12.0. The van der Waals surface area contributed by atoms with Crippen LogP contribution in [0.15, 0.2) is 22.8 Å². The first-order valence-corrected chi connectivity index (χ1v) is 5.59. The van der Waals surface area contributed by atoms with E-state index in [0.717, 1.165) is 13.0 Å². The van der Waals surface area contributed by atoms with Crippen LogP contribution in [0.3, 0.4) is 0 Å². The van der Waals surface area contributed by atoms with Gasteiger partial charge in [-0.3, -0.25) is 4.79 Å². The number of carbonyl (C=O) groups excluding carboxylic acids is 1. The van der Waals surface area contributed by atoms with Gasteiger partial charge in [0.2, 0.25) is 0 Å². The Morgan fingerprint density at radius 2 is 2.38 bits per heavy atom. The lowest BCUT2D eigenvalue weighted by atomic mass is 9.78. The van der Waals surface area contributed by atoms with Crippen molar-refractivity contribution >= 4 is 5.91 Å². The third kappa shape index (κ3) is 1.97. The number of rotatable bonds is 1. The maximum Gasteiger partial charge on any atom is 0.289 e. The van der Waals surface area contributed by atoms with Crippen LogP contribution < -0.4 is 5.73 Å². The Balaban J connectivity index is 2.06. The molecule has 1 aliphatic heterocycles. The number of nitrogens with two attached hydrogens (primary N) is 1. The highest BCUT2D eigenvalue weighted by molar-refractivity contribution is 5.91. The van der Waals surface area contributed by atoms with Crippen LogP contribution in [-0.4, -0.2) is 29.9 Å². The van der Waals surface area contributed by atoms with Crippen LogP contribution in [-0.2, 0) is 0 Å². The highest BCUT2D eigenvalue weighted by atomic mass is 16.3. The van der Waals surface area contributed by atoms with Crippen LogP contribution in [0.25, 0.3) is 0 Å². The molecule has 1 fully saturated rings. The Morgan fingerprint density at radius 1 is 1.62 bits per heavy atom. The highest BCUT2D eigenvalue weighted by Crippen LogP contribution is 2.29. The Morgan fingerprint density at radius 3 is 2.94 bits per heavy atom. The number of hydrogen-bond donors (Lipinski definition) is 1. The molecule has 0 radical (unpaired) electrons. The van der Waals surface area contributed by atoms with Gasteiger partial charge in [-0.1, -0.05) is 13.8 Å². The summed E-state index contributed by atoms with van der Waals surface area (Å²) in [5.74, 6) is 0.336. The van der Waals surface area contributed by atoms with E-state index < -0.39 is 0 Å². The summed E-state index contributed by atoms with van der Waals surface area (Å²) in [5, 5.41) is 0. The molecule has 1 saturated heterocycles. The summed E-state index contributed by atoms with van der Waals surface area (Å²) in [6.45, 7) is 5.64. The molecule has 16 heavy (non-hydrogen) atoms. The minimum Gasteiger partial charge on any atom is -0.459 e. The summed E-state index contributed by atoms with van der Waals surface area (Å²) in [6, 6.07) is 3.44. The second-order valence-electron chi connectivity index (χ2n) is 5.07. The van der Waals surface area contributed by atoms with Gasteiger partial charge in [0.25, 0.3) is 5.91 Å². The van der Waals surface area contributed by atoms with E-state index in [1.54, 1.807) is 17.0 Å². The lowest BCUT2D eigenvalue weighted by molar-refractivity contribution is 0.0545. The van der Waals surface area contributed by atoms with Gasteiger partial charge >= 0.3 is 0 Å². The molecule has 88 valence electrons. The van der Waals surface area contributed by atoms with Crippen molar-refractivity contribution in [2.45, 2.75) is 26.3 Å². The topological polar surface area (TPSA) is 59.5 Å². The van der Waals surface area contributed by atoms with Gasteiger partial charge in [-0.25, -0.2) is 0 Å². The van der Waals surface area contributed by atoms with Crippen LogP contribution in [0.1, 0.15) is 30.8 Å². The van der Waals surface area contributed by atoms with Crippen LogP contribution >= 0.6 is 0 Å². The van der Waals surface area contributed by atoms with Crippen LogP contribution in [0.5, 0.6) is 0 Å². The first-order valence-electron chi connectivity index (χ1n) is 5.59. The summed E-state index contributed by atoms with van der Waals surface area (Å²) in [6.07, 6.45) is 2.45. The second kappa shape index (κ2) is 3.94. The summed E-state index contributed by atoms with van der Waals surface area (Å²) < 4.78 is 5.10. The molecule has 2 rings (SSSR count). The lowest BCUT2D eigenvalue weighted by Crippen LogP contribution is -2.54. The lowest BCUT2D eigenvalue weighted by Gasteiger charge is -2.41. The van der Waals surface area contributed by atoms with Crippen molar-refractivity contribution in [3.05, 3.63) is 24.2 Å². The Labute approximate surface area is 95.4 Å². The minimum absolute atomic E-state index is 0.0279. The first-order chi connectivity index (χ1) is 7.50. The van der Waals surface area contributed by atoms with Gasteiger partial charge < -0.3 is 15.1 Å². The third-order valence-electron chi connectivity index (χ3n) is 3.47. The van der Waals surface area contributed by atoms with Gasteiger partial charge in [-0.15, -0.1) is 0 Å². The maximum absolute atomic E-state index is 12.0. The highest BCUT2D eigenvalue weighted by Gasteiger charge is 2.35. The van der Waals surface area contributed by atoms with Crippen LogP contribution in [0.4, 0.5) is 0 Å². The summed E-state index contributed by atoms with van der Waals surface area (Å²) in [5.41, 5.74) is 6.18. The predicted octanol–water partition coefficient (Wildman–Crippen LogP) is 1.48. The molecule has 2 heterocycles. The van der Waals surface area contributed by atoms with Gasteiger partial charge in [0.1, 0.15) is 0 Å². The normalized spacial score (nSPS) is 24.4. The predicted molar refractivity (Wildman–Crippen MR) is 61.0 cm³/mol. The van der Waals surface area contributed by atoms with E-state index in [1.165, 1.54) is 6.26 Å². The van der Waals surface area contributed by atoms with E-state index in [0.29, 0.717) is 12.3 Å². The molecule has 1 unspecified atom stereocenters. The molecule has 4 heteroatoms. The zero-order valence-electron chi connectivity index (χ0n) is 9.77. The average molecular weight is 222 g/mol. The largest absolute Gasteiger partial charge is 0.459 e. The standard InChI is InChI=1S/C12H18N2O2/c1-12(2)5-6-14(8-10(12)13)11(15)9-4-3-7-16-9/h3-4,7,10H,5-6,8,13H2,1-2H3. The quantitative estimate of drug-likeness (QED) is 0.783. The average Bonchev–Trinajstić information content (AvgIpc) is 2.74. The molecule has 1 aliphatic rings. The SMILES string of the molecule is CC1(C)CCN(C(=O)c2ccco2)CC1N. The van der Waals surface area contributed by atoms with Gasteiger partial charge in [-0.2, -0.15) is 0 Å². The molecule has 0 aliphatic carbocycles. The van der Waals surface area contributed by atoms with Crippen molar-refractivity contribution in [2.24, 2.45) is 11.1 Å². The van der Waals surface area contributed by atoms with Gasteiger partial charge in [-0.05, 0) is 24.0 Å². The van der Waals surface area contributed by atoms with Crippen molar-refractivity contribution in [1.82, 2.24) is 4.90 Å². The molecule has 1 aromatic heterocycles. The van der Waals surface area contributed by atoms with Gasteiger partial charge in [0.15, 0.2) is 5.76 Å². The van der Waals surface area contributed by atoms with Gasteiger partial charge in [0.05, 0.1) is 6.26 Å². The molecule has 1 atom stereocenters. The molecule has 1 amide bonds. The van der Waals surface area contributed by atoms with E-state index >= 15 is 0 Å². The number of nitrogens with zero attached hydrogens (tertiary/aromatic N) is 1. The monoisotopic (exact) mass is 222 g/mol. The first kappa shape index (κ1) is 11.2. The molecule has 0 spiro atoms. The fourth-order valence-electron chi connectivity index (χ4n) is 1.92. The Kier molecular flexibility index (Phi) is 2.76. The minimum atomic E-state index is -0.0593. The molecule has 4 nitrogen and oxygen atoms in total. The number of piperidine rings is 1. The van der Waals surface area contributed by atoms with E-state index in [2.05, 4.69) is 13.8 Å². The fraction of sp³-hybridized carbons (Fsp3) is 0.583. The molecular formula is C12H18N2O2. The third-order valence-corrected chi connectivity index (χ3v) is 3.47. The molecule has 0 aromatic carbocycles. The molecule has 0 saturated carbocycles. The Hall–Kier alpha value is -1.29. The summed E-state index contributed by atoms with van der Waals surface area (Å²) in [7, 11) is 0. The number of likely N-dealkylation sites (tertiary alicyclic amines) is 1. The van der Waals surface area contributed by atoms with Gasteiger partial charge in [0, 0.05) is 19.1 Å². The second-order valence-corrected chi connectivity index (χ2v) is 5.07.